The van der Waals surface area contributed by atoms with Gasteiger partial charge in [0.05, 0.1) is 13.2 Å². The van der Waals surface area contributed by atoms with E-state index in [1.807, 2.05) is 43.3 Å². The minimum atomic E-state index is -0.558. The van der Waals surface area contributed by atoms with Gasteiger partial charge in [-0.1, -0.05) is 12.1 Å². The Morgan fingerprint density at radius 3 is 2.37 bits per heavy atom. The first-order valence-electron chi connectivity index (χ1n) is 6.24. The first-order chi connectivity index (χ1) is 9.15. The van der Waals surface area contributed by atoms with E-state index in [0.29, 0.717) is 6.54 Å². The number of aliphatic hydroxyl groups excluding tert-OH is 1. The van der Waals surface area contributed by atoms with Crippen molar-refractivity contribution in [2.24, 2.45) is 5.73 Å². The van der Waals surface area contributed by atoms with Crippen LogP contribution in [0, 0.1) is 6.92 Å². The van der Waals surface area contributed by atoms with E-state index in [4.69, 9.17) is 10.5 Å². The molecule has 2 unspecified atom stereocenters. The first-order valence-corrected chi connectivity index (χ1v) is 7.05. The number of hydrogen-bond donors (Lipinski definition) is 2. The van der Waals surface area contributed by atoms with Crippen LogP contribution in [0.25, 0.3) is 0 Å². The molecule has 0 bridgehead atoms. The number of hydrogen-bond acceptors (Lipinski definition) is 4. The molecule has 0 saturated carbocycles. The molecule has 0 spiro atoms. The molecular weight excluding hydrogens is 258 g/mol. The third-order valence-corrected chi connectivity index (χ3v) is 4.30. The Kier molecular flexibility index (Phi) is 4.58. The molecule has 0 aliphatic rings. The molecule has 0 fully saturated rings. The molecule has 1 heterocycles. The standard InChI is InChI=1S/C15H19NO2S/c1-10-3-8-14(19-10)15(17)13(9-16)11-4-6-12(18-2)7-5-11/h3-8,13,15,17H,9,16H2,1-2H3. The van der Waals surface area contributed by atoms with Gasteiger partial charge in [-0.25, -0.2) is 0 Å². The molecule has 2 atom stereocenters. The molecular formula is C15H19NO2S. The molecule has 102 valence electrons. The van der Waals surface area contributed by atoms with Gasteiger partial charge in [0.15, 0.2) is 0 Å². The largest absolute Gasteiger partial charge is 0.497 e. The highest BCUT2D eigenvalue weighted by molar-refractivity contribution is 7.12. The van der Waals surface area contributed by atoms with Crippen LogP contribution in [0.15, 0.2) is 36.4 Å². The quantitative estimate of drug-likeness (QED) is 0.883. The second-order valence-electron chi connectivity index (χ2n) is 4.51. The summed E-state index contributed by atoms with van der Waals surface area (Å²) in [5, 5.41) is 10.5. The molecule has 1 aromatic carbocycles. The molecule has 0 aliphatic heterocycles. The highest BCUT2D eigenvalue weighted by atomic mass is 32.1. The molecule has 2 aromatic rings. The molecule has 0 amide bonds. The highest BCUT2D eigenvalue weighted by Crippen LogP contribution is 2.34. The Morgan fingerprint density at radius 1 is 1.21 bits per heavy atom. The average Bonchev–Trinajstić information content (AvgIpc) is 2.87. The van der Waals surface area contributed by atoms with Crippen LogP contribution in [0.4, 0.5) is 0 Å². The summed E-state index contributed by atoms with van der Waals surface area (Å²) >= 11 is 1.61. The zero-order chi connectivity index (χ0) is 13.8. The van der Waals surface area contributed by atoms with Gasteiger partial charge in [0, 0.05) is 22.2 Å². The fourth-order valence-corrected chi connectivity index (χ4v) is 3.04. The van der Waals surface area contributed by atoms with Gasteiger partial charge in [-0.3, -0.25) is 0 Å². The summed E-state index contributed by atoms with van der Waals surface area (Å²) in [6, 6.07) is 11.7. The molecule has 0 saturated heterocycles. The van der Waals surface area contributed by atoms with Crippen LogP contribution in [0.1, 0.15) is 27.3 Å². The van der Waals surface area contributed by atoms with Crippen LogP contribution >= 0.6 is 11.3 Å². The fourth-order valence-electron chi connectivity index (χ4n) is 2.11. The molecule has 1 aromatic heterocycles. The number of nitrogens with two attached hydrogens (primary N) is 1. The van der Waals surface area contributed by atoms with Crippen molar-refractivity contribution in [2.45, 2.75) is 18.9 Å². The maximum absolute atomic E-state index is 10.5. The fraction of sp³-hybridized carbons (Fsp3) is 0.333. The third kappa shape index (κ3) is 3.15. The number of methoxy groups -OCH3 is 1. The van der Waals surface area contributed by atoms with Crippen molar-refractivity contribution in [1.82, 2.24) is 0 Å². The number of benzene rings is 1. The summed E-state index contributed by atoms with van der Waals surface area (Å²) in [5.41, 5.74) is 6.86. The lowest BCUT2D eigenvalue weighted by atomic mass is 9.92. The van der Waals surface area contributed by atoms with Crippen LogP contribution < -0.4 is 10.5 Å². The zero-order valence-electron chi connectivity index (χ0n) is 11.2. The van der Waals surface area contributed by atoms with Gasteiger partial charge >= 0.3 is 0 Å². The summed E-state index contributed by atoms with van der Waals surface area (Å²) in [5.74, 6) is 0.713. The monoisotopic (exact) mass is 277 g/mol. The second-order valence-corrected chi connectivity index (χ2v) is 5.83. The predicted octanol–water partition coefficient (Wildman–Crippen LogP) is 2.84. The minimum Gasteiger partial charge on any atom is -0.497 e. The second kappa shape index (κ2) is 6.19. The lowest BCUT2D eigenvalue weighted by Crippen LogP contribution is -2.19. The lowest BCUT2D eigenvalue weighted by Gasteiger charge is -2.21. The maximum atomic E-state index is 10.5. The molecule has 19 heavy (non-hydrogen) atoms. The van der Waals surface area contributed by atoms with E-state index in [0.717, 1.165) is 16.2 Å². The highest BCUT2D eigenvalue weighted by Gasteiger charge is 2.22. The van der Waals surface area contributed by atoms with E-state index >= 15 is 0 Å². The normalized spacial score (nSPS) is 14.1. The van der Waals surface area contributed by atoms with Crippen molar-refractivity contribution in [3.8, 4) is 5.75 Å². The predicted molar refractivity (Wildman–Crippen MR) is 78.8 cm³/mol. The van der Waals surface area contributed by atoms with E-state index in [9.17, 15) is 5.11 Å². The smallest absolute Gasteiger partial charge is 0.118 e. The number of rotatable bonds is 5. The summed E-state index contributed by atoms with van der Waals surface area (Å²) in [6.45, 7) is 2.44. The number of thiophene rings is 1. The molecule has 0 aliphatic carbocycles. The Labute approximate surface area is 117 Å². The van der Waals surface area contributed by atoms with Gasteiger partial charge in [0.1, 0.15) is 5.75 Å². The van der Waals surface area contributed by atoms with Crippen LogP contribution in [-0.2, 0) is 0 Å². The summed E-state index contributed by atoms with van der Waals surface area (Å²) in [7, 11) is 1.64. The Bertz CT molecular complexity index is 521. The van der Waals surface area contributed by atoms with Gasteiger partial charge < -0.3 is 15.6 Å². The van der Waals surface area contributed by atoms with Crippen molar-refractivity contribution in [2.75, 3.05) is 13.7 Å². The molecule has 2 rings (SSSR count). The topological polar surface area (TPSA) is 55.5 Å². The van der Waals surface area contributed by atoms with Gasteiger partial charge in [0.2, 0.25) is 0 Å². The van der Waals surface area contributed by atoms with Gasteiger partial charge in [-0.05, 0) is 36.8 Å². The van der Waals surface area contributed by atoms with Crippen LogP contribution in [-0.4, -0.2) is 18.8 Å². The summed E-state index contributed by atoms with van der Waals surface area (Å²) in [6.07, 6.45) is -0.558. The van der Waals surface area contributed by atoms with Gasteiger partial charge in [-0.15, -0.1) is 11.3 Å². The van der Waals surface area contributed by atoms with Crippen LogP contribution in [0.2, 0.25) is 0 Å². The summed E-state index contributed by atoms with van der Waals surface area (Å²) in [4.78, 5) is 2.16. The number of ether oxygens (including phenoxy) is 1. The number of aliphatic hydroxyl groups is 1. The van der Waals surface area contributed by atoms with E-state index in [1.54, 1.807) is 18.4 Å². The Hall–Kier alpha value is -1.36. The van der Waals surface area contributed by atoms with Crippen molar-refractivity contribution in [3.05, 3.63) is 51.7 Å². The third-order valence-electron chi connectivity index (χ3n) is 3.23. The van der Waals surface area contributed by atoms with Crippen molar-refractivity contribution >= 4 is 11.3 Å². The molecule has 4 heteroatoms. The Balaban J connectivity index is 2.23. The zero-order valence-corrected chi connectivity index (χ0v) is 12.0. The molecule has 3 N–H and O–H groups in total. The van der Waals surface area contributed by atoms with Gasteiger partial charge in [-0.2, -0.15) is 0 Å². The summed E-state index contributed by atoms with van der Waals surface area (Å²) < 4.78 is 5.14. The van der Waals surface area contributed by atoms with Crippen molar-refractivity contribution in [1.29, 1.82) is 0 Å². The average molecular weight is 277 g/mol. The molecule has 0 radical (unpaired) electrons. The first kappa shape index (κ1) is 14.1. The Morgan fingerprint density at radius 2 is 1.89 bits per heavy atom. The molecule has 3 nitrogen and oxygen atoms in total. The van der Waals surface area contributed by atoms with Crippen LogP contribution in [0.5, 0.6) is 5.75 Å². The minimum absolute atomic E-state index is 0.0936. The maximum Gasteiger partial charge on any atom is 0.118 e. The van der Waals surface area contributed by atoms with Gasteiger partial charge in [0.25, 0.3) is 0 Å². The van der Waals surface area contributed by atoms with E-state index < -0.39 is 6.10 Å². The SMILES string of the molecule is COc1ccc(C(CN)C(O)c2ccc(C)s2)cc1. The van der Waals surface area contributed by atoms with Crippen LogP contribution in [0.3, 0.4) is 0 Å². The van der Waals surface area contributed by atoms with Crippen molar-refractivity contribution < 1.29 is 9.84 Å². The lowest BCUT2D eigenvalue weighted by molar-refractivity contribution is 0.151. The van der Waals surface area contributed by atoms with E-state index in [2.05, 4.69) is 0 Å². The van der Waals surface area contributed by atoms with E-state index in [-0.39, 0.29) is 5.92 Å². The van der Waals surface area contributed by atoms with Crippen molar-refractivity contribution in [3.63, 3.8) is 0 Å². The number of aryl methyl sites for hydroxylation is 1. The van der Waals surface area contributed by atoms with E-state index in [1.165, 1.54) is 4.88 Å².